The molecule has 3 N–H and O–H groups in total. The van der Waals surface area contributed by atoms with Crippen LogP contribution in [-0.2, 0) is 9.59 Å². The molecule has 1 fully saturated rings. The van der Waals surface area contributed by atoms with Crippen LogP contribution in [0.5, 0.6) is 5.75 Å². The van der Waals surface area contributed by atoms with Crippen molar-refractivity contribution >= 4 is 41.1 Å². The number of benzene rings is 2. The van der Waals surface area contributed by atoms with Crippen LogP contribution in [0.1, 0.15) is 66.3 Å². The fourth-order valence-corrected chi connectivity index (χ4v) is 5.23. The van der Waals surface area contributed by atoms with Crippen molar-refractivity contribution in [1.82, 2.24) is 25.3 Å². The quantitative estimate of drug-likeness (QED) is 0.271. The highest BCUT2D eigenvalue weighted by atomic mass is 35.5. The molecular weight excluding hydrogens is 576 g/mol. The van der Waals surface area contributed by atoms with Gasteiger partial charge in [0.25, 0.3) is 0 Å². The summed E-state index contributed by atoms with van der Waals surface area (Å²) in [5.74, 6) is -1.60. The lowest BCUT2D eigenvalue weighted by molar-refractivity contribution is -0.136. The summed E-state index contributed by atoms with van der Waals surface area (Å²) in [5.41, 5.74) is 1.31. The zero-order chi connectivity index (χ0) is 30.9. The maximum Gasteiger partial charge on any atom is 0.326 e. The van der Waals surface area contributed by atoms with Crippen molar-refractivity contribution in [3.05, 3.63) is 82.1 Å². The van der Waals surface area contributed by atoms with E-state index in [2.05, 4.69) is 15.5 Å². The summed E-state index contributed by atoms with van der Waals surface area (Å²) in [5, 5.41) is 19.4. The average Bonchev–Trinajstić information content (AvgIpc) is 3.60. The zero-order valence-corrected chi connectivity index (χ0v) is 24.6. The van der Waals surface area contributed by atoms with Gasteiger partial charge in [0.05, 0.1) is 17.8 Å². The number of aliphatic imine (C=N–C) groups is 1. The number of nitrogens with one attached hydrogen (secondary N) is 2. The molecule has 0 bridgehead atoms. The van der Waals surface area contributed by atoms with Gasteiger partial charge in [-0.3, -0.25) is 29.4 Å². The van der Waals surface area contributed by atoms with Crippen molar-refractivity contribution in [2.75, 3.05) is 19.6 Å². The van der Waals surface area contributed by atoms with Crippen LogP contribution in [0.4, 0.5) is 4.79 Å². The Kier molecular flexibility index (Phi) is 8.23. The minimum Gasteiger partial charge on any atom is -0.487 e. The molecule has 12 nitrogen and oxygen atoms in total. The standard InChI is InChI=1S/C30H31ClN6O6/c1-30(2,3)43-23-12-18(22(38)13-25(40)41)6-9-21(23)28-35-26(19-14-33-34-15-19)27(17-4-7-20(31)8-5-17)37(28)29(42)36-11-10-32-24(39)16-36/h4-9,12,14-15,26-27H,10-11,13,16H2,1-3H3,(H,32,39)(H,33,34)(H,40,41)/t26-,27+/m0/s1. The van der Waals surface area contributed by atoms with Crippen LogP contribution in [0.2, 0.25) is 5.02 Å². The van der Waals surface area contributed by atoms with Crippen molar-refractivity contribution in [3.8, 4) is 5.75 Å². The van der Waals surface area contributed by atoms with Crippen LogP contribution in [0, 0.1) is 0 Å². The molecule has 2 aliphatic rings. The number of piperazine rings is 1. The summed E-state index contributed by atoms with van der Waals surface area (Å²) in [7, 11) is 0. The summed E-state index contributed by atoms with van der Waals surface area (Å²) in [6.07, 6.45) is 2.66. The molecule has 3 heterocycles. The Bertz CT molecular complexity index is 1580. The predicted octanol–water partition coefficient (Wildman–Crippen LogP) is 3.99. The van der Waals surface area contributed by atoms with Gasteiger partial charge in [-0.15, -0.1) is 0 Å². The number of carboxylic acid groups (broad SMARTS) is 1. The van der Waals surface area contributed by atoms with E-state index in [1.807, 2.05) is 32.9 Å². The SMILES string of the molecule is CC(C)(C)Oc1cc(C(=O)CC(=O)O)ccc1C1=N[C@@H](c2cn[nH]c2)[C@@H](c2ccc(Cl)cc2)N1C(=O)N1CCNC(=O)C1. The van der Waals surface area contributed by atoms with Crippen LogP contribution in [0.25, 0.3) is 0 Å². The van der Waals surface area contributed by atoms with Crippen LogP contribution in [0.3, 0.4) is 0 Å². The van der Waals surface area contributed by atoms with Crippen LogP contribution in [0.15, 0.2) is 59.9 Å². The first kappa shape index (κ1) is 29.8. The van der Waals surface area contributed by atoms with Crippen LogP contribution < -0.4 is 10.1 Å². The number of ketones is 1. The van der Waals surface area contributed by atoms with E-state index in [4.69, 9.17) is 21.3 Å². The highest BCUT2D eigenvalue weighted by molar-refractivity contribution is 6.30. The molecule has 43 heavy (non-hydrogen) atoms. The summed E-state index contributed by atoms with van der Waals surface area (Å²) >= 11 is 6.21. The van der Waals surface area contributed by atoms with Crippen molar-refractivity contribution < 1.29 is 29.0 Å². The van der Waals surface area contributed by atoms with E-state index in [1.165, 1.54) is 17.0 Å². The molecular formula is C30H31ClN6O6. The Morgan fingerprint density at radius 1 is 1.12 bits per heavy atom. The van der Waals surface area contributed by atoms with E-state index >= 15 is 0 Å². The van der Waals surface area contributed by atoms with E-state index in [0.29, 0.717) is 23.7 Å². The summed E-state index contributed by atoms with van der Waals surface area (Å²) in [6, 6.07) is 9.99. The van der Waals surface area contributed by atoms with Crippen molar-refractivity contribution in [2.24, 2.45) is 4.99 Å². The normalized spacial score (nSPS) is 18.7. The topological polar surface area (TPSA) is 157 Å². The molecule has 3 aromatic rings. The Hall–Kier alpha value is -4.71. The van der Waals surface area contributed by atoms with Gasteiger partial charge in [0.2, 0.25) is 5.91 Å². The number of amidine groups is 1. The number of ether oxygens (including phenoxy) is 1. The minimum absolute atomic E-state index is 0.125. The lowest BCUT2D eigenvalue weighted by Gasteiger charge is -2.36. The van der Waals surface area contributed by atoms with Crippen molar-refractivity contribution in [1.29, 1.82) is 0 Å². The first-order valence-corrected chi connectivity index (χ1v) is 14.0. The number of aromatic amines is 1. The second-order valence-electron chi connectivity index (χ2n) is 11.3. The number of hydrogen-bond donors (Lipinski definition) is 3. The van der Waals surface area contributed by atoms with E-state index in [9.17, 15) is 24.3 Å². The Labute approximate surface area is 252 Å². The third-order valence-electron chi connectivity index (χ3n) is 6.93. The minimum atomic E-state index is -1.25. The van der Waals surface area contributed by atoms with Gasteiger partial charge in [0, 0.05) is 35.4 Å². The van der Waals surface area contributed by atoms with E-state index in [1.54, 1.807) is 35.5 Å². The maximum atomic E-state index is 14.4. The van der Waals surface area contributed by atoms with Gasteiger partial charge >= 0.3 is 12.0 Å². The third kappa shape index (κ3) is 6.54. The van der Waals surface area contributed by atoms with Gasteiger partial charge in [-0.25, -0.2) is 4.79 Å². The number of Topliss-reactive ketones (excluding diaryl/α,β-unsaturated/α-hetero) is 1. The van der Waals surface area contributed by atoms with Crippen molar-refractivity contribution in [3.63, 3.8) is 0 Å². The number of halogens is 1. The zero-order valence-electron chi connectivity index (χ0n) is 23.8. The number of carboxylic acids is 1. The Morgan fingerprint density at radius 3 is 2.49 bits per heavy atom. The fourth-order valence-electron chi connectivity index (χ4n) is 5.11. The first-order chi connectivity index (χ1) is 20.4. The molecule has 224 valence electrons. The average molecular weight is 607 g/mol. The monoisotopic (exact) mass is 606 g/mol. The molecule has 2 atom stereocenters. The Balaban J connectivity index is 1.69. The number of nitrogens with zero attached hydrogens (tertiary/aromatic N) is 4. The first-order valence-electron chi connectivity index (χ1n) is 13.7. The molecule has 1 saturated heterocycles. The number of urea groups is 1. The second kappa shape index (κ2) is 11.9. The largest absolute Gasteiger partial charge is 0.487 e. The van der Waals surface area contributed by atoms with Gasteiger partial charge in [0.15, 0.2) is 5.78 Å². The molecule has 0 unspecified atom stereocenters. The van der Waals surface area contributed by atoms with E-state index in [0.717, 1.165) is 11.1 Å². The van der Waals surface area contributed by atoms with Gasteiger partial charge in [-0.05, 0) is 50.6 Å². The number of amides is 3. The molecule has 0 spiro atoms. The maximum absolute atomic E-state index is 14.4. The number of aromatic nitrogens is 2. The molecule has 2 aliphatic heterocycles. The van der Waals surface area contributed by atoms with E-state index in [-0.39, 0.29) is 29.6 Å². The number of hydrogen-bond acceptors (Lipinski definition) is 7. The lowest BCUT2D eigenvalue weighted by atomic mass is 9.95. The summed E-state index contributed by atoms with van der Waals surface area (Å²) < 4.78 is 6.28. The number of carbonyl (C=O) groups excluding carboxylic acids is 3. The molecule has 0 saturated carbocycles. The number of rotatable bonds is 7. The van der Waals surface area contributed by atoms with Gasteiger partial charge < -0.3 is 20.1 Å². The predicted molar refractivity (Wildman–Crippen MR) is 157 cm³/mol. The van der Waals surface area contributed by atoms with Gasteiger partial charge in [-0.2, -0.15) is 5.10 Å². The van der Waals surface area contributed by atoms with Gasteiger partial charge in [-0.1, -0.05) is 29.8 Å². The summed E-state index contributed by atoms with van der Waals surface area (Å²) in [6.45, 7) is 5.98. The van der Waals surface area contributed by atoms with Crippen molar-refractivity contribution in [2.45, 2.75) is 44.9 Å². The number of aliphatic carboxylic acids is 1. The second-order valence-corrected chi connectivity index (χ2v) is 11.7. The molecule has 5 rings (SSSR count). The molecule has 3 amide bonds. The van der Waals surface area contributed by atoms with E-state index < -0.39 is 41.9 Å². The molecule has 1 aromatic heterocycles. The highest BCUT2D eigenvalue weighted by Gasteiger charge is 2.45. The number of carbonyl (C=O) groups is 4. The molecule has 0 aliphatic carbocycles. The molecule has 13 heteroatoms. The Morgan fingerprint density at radius 2 is 1.86 bits per heavy atom. The highest BCUT2D eigenvalue weighted by Crippen LogP contribution is 2.45. The van der Waals surface area contributed by atoms with Crippen LogP contribution >= 0.6 is 11.6 Å². The smallest absolute Gasteiger partial charge is 0.326 e. The van der Waals surface area contributed by atoms with Crippen LogP contribution in [-0.4, -0.2) is 79.9 Å². The summed E-state index contributed by atoms with van der Waals surface area (Å²) in [4.78, 5) is 58.7. The number of H-pyrrole nitrogens is 1. The third-order valence-corrected chi connectivity index (χ3v) is 7.18. The van der Waals surface area contributed by atoms with Gasteiger partial charge in [0.1, 0.15) is 36.2 Å². The fraction of sp³-hybridized carbons (Fsp3) is 0.333. The lowest BCUT2D eigenvalue weighted by Crippen LogP contribution is -2.55. The molecule has 0 radical (unpaired) electrons. The molecule has 2 aromatic carbocycles.